The minimum absolute atomic E-state index is 0.0772. The lowest BCUT2D eigenvalue weighted by Gasteiger charge is -2.20. The molecule has 0 bridgehead atoms. The summed E-state index contributed by atoms with van der Waals surface area (Å²) in [4.78, 5) is 32.8. The van der Waals surface area contributed by atoms with Crippen LogP contribution in [0.2, 0.25) is 10.0 Å². The van der Waals surface area contributed by atoms with Crippen molar-refractivity contribution < 1.29 is 9.59 Å². The number of amidine groups is 1. The first-order valence-electron chi connectivity index (χ1n) is 9.85. The van der Waals surface area contributed by atoms with Crippen LogP contribution in [-0.2, 0) is 9.59 Å². The normalized spacial score (nSPS) is 14.6. The third-order valence-electron chi connectivity index (χ3n) is 5.11. The Labute approximate surface area is 196 Å². The van der Waals surface area contributed by atoms with Crippen molar-refractivity contribution >= 4 is 58.3 Å². The molecular formula is C25H19Cl2N3O2. The van der Waals surface area contributed by atoms with Gasteiger partial charge in [-0.2, -0.15) is 0 Å². The van der Waals surface area contributed by atoms with E-state index in [1.165, 1.54) is 11.8 Å². The molecule has 0 aromatic heterocycles. The molecule has 3 aromatic rings. The van der Waals surface area contributed by atoms with Gasteiger partial charge in [-0.15, -0.1) is 0 Å². The highest BCUT2D eigenvalue weighted by Gasteiger charge is 2.32. The molecule has 0 saturated heterocycles. The van der Waals surface area contributed by atoms with Gasteiger partial charge in [0.1, 0.15) is 11.5 Å². The Balaban J connectivity index is 1.77. The number of benzene rings is 3. The van der Waals surface area contributed by atoms with Crippen LogP contribution in [0.1, 0.15) is 18.1 Å². The molecule has 7 heteroatoms. The minimum atomic E-state index is -0.275. The van der Waals surface area contributed by atoms with Crippen LogP contribution in [0.15, 0.2) is 83.5 Å². The zero-order chi connectivity index (χ0) is 22.8. The summed E-state index contributed by atoms with van der Waals surface area (Å²) in [5.41, 5.74) is 3.09. The van der Waals surface area contributed by atoms with Gasteiger partial charge < -0.3 is 4.90 Å². The van der Waals surface area contributed by atoms with Crippen molar-refractivity contribution in [2.24, 2.45) is 4.99 Å². The molecule has 0 saturated carbocycles. The van der Waals surface area contributed by atoms with E-state index in [-0.39, 0.29) is 17.5 Å². The van der Waals surface area contributed by atoms with E-state index in [1.807, 2.05) is 30.3 Å². The van der Waals surface area contributed by atoms with Crippen LogP contribution in [0.25, 0.3) is 6.08 Å². The monoisotopic (exact) mass is 463 g/mol. The molecule has 0 N–H and O–H groups in total. The molecular weight excluding hydrogens is 445 g/mol. The van der Waals surface area contributed by atoms with Crippen LogP contribution in [0.5, 0.6) is 0 Å². The predicted octanol–water partition coefficient (Wildman–Crippen LogP) is 5.81. The second-order valence-electron chi connectivity index (χ2n) is 7.23. The summed E-state index contributed by atoms with van der Waals surface area (Å²) in [5.74, 6) is 0.161. The van der Waals surface area contributed by atoms with Crippen LogP contribution in [0, 0.1) is 0 Å². The fourth-order valence-electron chi connectivity index (χ4n) is 3.31. The standard InChI is InChI=1S/C25H19Cl2N3O2/c1-16(31)29(2)20-10-12-21(13-11-20)30-24(17-6-4-3-5-7-17)28-23(25(30)32)14-18-8-9-19(26)15-22(18)27/h3-15H,1-2H3/b23-14+. The van der Waals surface area contributed by atoms with Crippen molar-refractivity contribution in [1.29, 1.82) is 0 Å². The highest BCUT2D eigenvalue weighted by atomic mass is 35.5. The molecule has 1 aliphatic heterocycles. The molecule has 0 fully saturated rings. The van der Waals surface area contributed by atoms with E-state index >= 15 is 0 Å². The number of hydrogen-bond acceptors (Lipinski definition) is 3. The lowest BCUT2D eigenvalue weighted by atomic mass is 10.1. The number of hydrogen-bond donors (Lipinski definition) is 0. The second-order valence-corrected chi connectivity index (χ2v) is 8.08. The minimum Gasteiger partial charge on any atom is -0.316 e. The first-order valence-corrected chi connectivity index (χ1v) is 10.6. The van der Waals surface area contributed by atoms with Gasteiger partial charge in [0.15, 0.2) is 0 Å². The summed E-state index contributed by atoms with van der Waals surface area (Å²) in [6.07, 6.45) is 1.65. The van der Waals surface area contributed by atoms with Crippen LogP contribution >= 0.6 is 23.2 Å². The molecule has 5 nitrogen and oxygen atoms in total. The number of rotatable bonds is 4. The van der Waals surface area contributed by atoms with E-state index in [1.54, 1.807) is 60.5 Å². The van der Waals surface area contributed by atoms with Crippen LogP contribution in [0.4, 0.5) is 11.4 Å². The van der Waals surface area contributed by atoms with E-state index in [0.29, 0.717) is 27.1 Å². The molecule has 0 atom stereocenters. The Morgan fingerprint density at radius 2 is 1.69 bits per heavy atom. The number of nitrogens with zero attached hydrogens (tertiary/aromatic N) is 3. The van der Waals surface area contributed by atoms with Gasteiger partial charge in [0.25, 0.3) is 5.91 Å². The fraction of sp³-hybridized carbons (Fsp3) is 0.0800. The highest BCUT2D eigenvalue weighted by molar-refractivity contribution is 6.36. The number of aliphatic imine (C=N–C) groups is 1. The summed E-state index contributed by atoms with van der Waals surface area (Å²) in [7, 11) is 1.70. The van der Waals surface area contributed by atoms with E-state index < -0.39 is 0 Å². The Hall–Kier alpha value is -3.41. The van der Waals surface area contributed by atoms with Crippen molar-refractivity contribution in [2.45, 2.75) is 6.92 Å². The van der Waals surface area contributed by atoms with Gasteiger partial charge >= 0.3 is 0 Å². The number of anilines is 2. The van der Waals surface area contributed by atoms with Gasteiger partial charge in [-0.1, -0.05) is 59.6 Å². The quantitative estimate of drug-likeness (QED) is 0.458. The van der Waals surface area contributed by atoms with E-state index in [9.17, 15) is 9.59 Å². The fourth-order valence-corrected chi connectivity index (χ4v) is 3.77. The molecule has 1 heterocycles. The van der Waals surface area contributed by atoms with Crippen molar-refractivity contribution in [3.63, 3.8) is 0 Å². The molecule has 32 heavy (non-hydrogen) atoms. The number of halogens is 2. The number of carbonyl (C=O) groups excluding carboxylic acids is 2. The van der Waals surface area contributed by atoms with Crippen LogP contribution < -0.4 is 9.80 Å². The van der Waals surface area contributed by atoms with Crippen LogP contribution in [0.3, 0.4) is 0 Å². The van der Waals surface area contributed by atoms with Gasteiger partial charge in [0, 0.05) is 35.3 Å². The van der Waals surface area contributed by atoms with Crippen molar-refractivity contribution in [1.82, 2.24) is 0 Å². The van der Waals surface area contributed by atoms with Crippen molar-refractivity contribution in [3.05, 3.63) is 99.7 Å². The zero-order valence-electron chi connectivity index (χ0n) is 17.4. The third kappa shape index (κ3) is 4.31. The predicted molar refractivity (Wildman–Crippen MR) is 130 cm³/mol. The molecule has 1 aliphatic rings. The van der Waals surface area contributed by atoms with Crippen LogP contribution in [-0.4, -0.2) is 24.7 Å². The average Bonchev–Trinajstić information content (AvgIpc) is 3.11. The first kappa shape index (κ1) is 21.8. The third-order valence-corrected chi connectivity index (χ3v) is 5.68. The Morgan fingerprint density at radius 1 is 1.00 bits per heavy atom. The molecule has 160 valence electrons. The zero-order valence-corrected chi connectivity index (χ0v) is 18.9. The van der Waals surface area contributed by atoms with Gasteiger partial charge in [0.05, 0.1) is 5.69 Å². The smallest absolute Gasteiger partial charge is 0.282 e. The highest BCUT2D eigenvalue weighted by Crippen LogP contribution is 2.31. The van der Waals surface area contributed by atoms with Gasteiger partial charge in [-0.3, -0.25) is 14.5 Å². The second kappa shape index (κ2) is 8.99. The van der Waals surface area contributed by atoms with E-state index in [0.717, 1.165) is 11.3 Å². The lowest BCUT2D eigenvalue weighted by Crippen LogP contribution is -2.32. The Morgan fingerprint density at radius 3 is 2.31 bits per heavy atom. The molecule has 2 amide bonds. The summed E-state index contributed by atoms with van der Waals surface area (Å²) in [5, 5.41) is 0.949. The first-order chi connectivity index (χ1) is 15.3. The number of amides is 2. The topological polar surface area (TPSA) is 53.0 Å². The average molecular weight is 464 g/mol. The van der Waals surface area contributed by atoms with Crippen molar-refractivity contribution in [3.8, 4) is 0 Å². The van der Waals surface area contributed by atoms with Gasteiger partial charge in [0.2, 0.25) is 5.91 Å². The maximum absolute atomic E-state index is 13.4. The van der Waals surface area contributed by atoms with E-state index in [4.69, 9.17) is 23.2 Å². The summed E-state index contributed by atoms with van der Waals surface area (Å²) < 4.78 is 0. The maximum Gasteiger partial charge on any atom is 0.282 e. The summed E-state index contributed by atoms with van der Waals surface area (Å²) >= 11 is 12.3. The summed E-state index contributed by atoms with van der Waals surface area (Å²) in [6, 6.07) is 21.7. The number of carbonyl (C=O) groups is 2. The summed E-state index contributed by atoms with van der Waals surface area (Å²) in [6.45, 7) is 1.50. The molecule has 3 aromatic carbocycles. The lowest BCUT2D eigenvalue weighted by molar-refractivity contribution is -0.116. The Kier molecular flexibility index (Phi) is 6.12. The van der Waals surface area contributed by atoms with Crippen molar-refractivity contribution in [2.75, 3.05) is 16.8 Å². The van der Waals surface area contributed by atoms with Gasteiger partial charge in [-0.05, 0) is 48.0 Å². The maximum atomic E-state index is 13.4. The van der Waals surface area contributed by atoms with Gasteiger partial charge in [-0.25, -0.2) is 4.99 Å². The molecule has 0 unspecified atom stereocenters. The molecule has 0 aliphatic carbocycles. The molecule has 0 radical (unpaired) electrons. The molecule has 4 rings (SSSR count). The largest absolute Gasteiger partial charge is 0.316 e. The van der Waals surface area contributed by atoms with E-state index in [2.05, 4.69) is 4.99 Å². The Bertz CT molecular complexity index is 1250. The molecule has 0 spiro atoms. The SMILES string of the molecule is CC(=O)N(C)c1ccc(N2C(=O)/C(=C\c3ccc(Cl)cc3Cl)N=C2c2ccccc2)cc1.